The van der Waals surface area contributed by atoms with Crippen LogP contribution in [0.3, 0.4) is 0 Å². The molecule has 1 unspecified atom stereocenters. The Morgan fingerprint density at radius 2 is 1.83 bits per heavy atom. The maximum Gasteiger partial charge on any atom is 0.127 e. The van der Waals surface area contributed by atoms with Crippen LogP contribution in [0.4, 0.5) is 4.39 Å². The number of allylic oxidation sites excluding steroid dienone is 2. The Bertz CT molecular complexity index is 684. The molecule has 0 aromatic heterocycles. The lowest BCUT2D eigenvalue weighted by Gasteiger charge is -2.06. The van der Waals surface area contributed by atoms with E-state index in [1.165, 1.54) is 0 Å². The van der Waals surface area contributed by atoms with Crippen LogP contribution in [0.5, 0.6) is 0 Å². The zero-order chi connectivity index (χ0) is 17.4. The van der Waals surface area contributed by atoms with Crippen LogP contribution >= 0.6 is 0 Å². The summed E-state index contributed by atoms with van der Waals surface area (Å²) in [5.74, 6) is -0.186. The Hall–Kier alpha value is -2.19. The molecule has 2 rings (SSSR count). The average Bonchev–Trinajstić information content (AvgIpc) is 2.57. The molecular formula is C22H25FO. The predicted octanol–water partition coefficient (Wildman–Crippen LogP) is 5.79. The van der Waals surface area contributed by atoms with E-state index < -0.39 is 0 Å². The largest absolute Gasteiger partial charge is 0.393 e. The summed E-state index contributed by atoms with van der Waals surface area (Å²) in [7, 11) is 0. The first-order chi connectivity index (χ1) is 11.6. The second-order valence-electron chi connectivity index (χ2n) is 6.10. The molecule has 2 aromatic carbocycles. The lowest BCUT2D eigenvalue weighted by molar-refractivity contribution is 0.182. The molecule has 1 nitrogen and oxygen atoms in total. The Morgan fingerprint density at radius 1 is 1.12 bits per heavy atom. The van der Waals surface area contributed by atoms with Crippen molar-refractivity contribution in [3.63, 3.8) is 0 Å². The van der Waals surface area contributed by atoms with E-state index in [1.54, 1.807) is 12.1 Å². The highest BCUT2D eigenvalue weighted by Crippen LogP contribution is 2.23. The van der Waals surface area contributed by atoms with E-state index >= 15 is 0 Å². The molecule has 126 valence electrons. The summed E-state index contributed by atoms with van der Waals surface area (Å²) in [6.07, 6.45) is 9.02. The third-order valence-corrected chi connectivity index (χ3v) is 3.96. The van der Waals surface area contributed by atoms with Crippen LogP contribution in [0.15, 0.2) is 61.2 Å². The summed E-state index contributed by atoms with van der Waals surface area (Å²) in [5, 5.41) is 9.22. The molecule has 0 aliphatic heterocycles. The number of aliphatic hydroxyl groups excluding tert-OH is 1. The summed E-state index contributed by atoms with van der Waals surface area (Å²) in [6.45, 7) is 5.46. The smallest absolute Gasteiger partial charge is 0.127 e. The van der Waals surface area contributed by atoms with Gasteiger partial charge >= 0.3 is 0 Å². The van der Waals surface area contributed by atoms with Crippen molar-refractivity contribution in [1.82, 2.24) is 0 Å². The molecule has 0 bridgehead atoms. The van der Waals surface area contributed by atoms with E-state index in [0.29, 0.717) is 12.0 Å². The molecule has 2 aromatic rings. The first-order valence-electron chi connectivity index (χ1n) is 8.44. The molecule has 0 spiro atoms. The van der Waals surface area contributed by atoms with Crippen molar-refractivity contribution in [2.45, 2.75) is 38.7 Å². The lowest BCUT2D eigenvalue weighted by atomic mass is 10.0. The summed E-state index contributed by atoms with van der Waals surface area (Å²) >= 11 is 0. The summed E-state index contributed by atoms with van der Waals surface area (Å²) < 4.78 is 14.0. The van der Waals surface area contributed by atoms with Crippen molar-refractivity contribution in [3.8, 4) is 11.1 Å². The van der Waals surface area contributed by atoms with Crippen LogP contribution in [0, 0.1) is 5.82 Å². The van der Waals surface area contributed by atoms with Gasteiger partial charge in [0.05, 0.1) is 6.10 Å². The van der Waals surface area contributed by atoms with Crippen molar-refractivity contribution < 1.29 is 9.50 Å². The highest BCUT2D eigenvalue weighted by atomic mass is 19.1. The second kappa shape index (κ2) is 9.19. The van der Waals surface area contributed by atoms with Gasteiger partial charge in [0.25, 0.3) is 0 Å². The molecule has 0 aliphatic rings. The molecule has 0 fully saturated rings. The van der Waals surface area contributed by atoms with Gasteiger partial charge in [0.15, 0.2) is 0 Å². The van der Waals surface area contributed by atoms with Gasteiger partial charge in [-0.25, -0.2) is 4.39 Å². The fourth-order valence-corrected chi connectivity index (χ4v) is 2.59. The Kier molecular flexibility index (Phi) is 6.95. The molecule has 2 heteroatoms. The number of aliphatic hydroxyl groups is 1. The molecule has 1 atom stereocenters. The number of hydrogen-bond acceptors (Lipinski definition) is 1. The van der Waals surface area contributed by atoms with Crippen molar-refractivity contribution in [2.24, 2.45) is 0 Å². The van der Waals surface area contributed by atoms with Gasteiger partial charge in [-0.05, 0) is 60.9 Å². The van der Waals surface area contributed by atoms with Gasteiger partial charge in [-0.3, -0.25) is 0 Å². The number of unbranched alkanes of at least 4 members (excludes halogenated alkanes) is 1. The molecular weight excluding hydrogens is 299 g/mol. The Labute approximate surface area is 144 Å². The SMILES string of the molecule is C=CCc1ccc(-c2ccc(C=CCCCC(C)O)cc2)cc1F. The zero-order valence-corrected chi connectivity index (χ0v) is 14.2. The third kappa shape index (κ3) is 5.47. The van der Waals surface area contributed by atoms with Crippen molar-refractivity contribution in [2.75, 3.05) is 0 Å². The number of benzene rings is 2. The van der Waals surface area contributed by atoms with E-state index in [1.807, 2.05) is 43.3 Å². The van der Waals surface area contributed by atoms with Crippen LogP contribution in [0.2, 0.25) is 0 Å². The van der Waals surface area contributed by atoms with Gasteiger partial charge in [0.2, 0.25) is 0 Å². The molecule has 0 saturated carbocycles. The van der Waals surface area contributed by atoms with Gasteiger partial charge in [0.1, 0.15) is 5.82 Å². The molecule has 0 saturated heterocycles. The highest BCUT2D eigenvalue weighted by Gasteiger charge is 2.04. The first-order valence-corrected chi connectivity index (χ1v) is 8.44. The summed E-state index contributed by atoms with van der Waals surface area (Å²) in [6, 6.07) is 13.5. The fraction of sp³-hybridized carbons (Fsp3) is 0.273. The van der Waals surface area contributed by atoms with Gasteiger partial charge < -0.3 is 5.11 Å². The standard InChI is InChI=1S/C22H25FO/c1-3-7-20-14-15-21(16-22(20)23)19-12-10-18(11-13-19)9-6-4-5-8-17(2)24/h3,6,9-17,24H,1,4-5,7-8H2,2H3. The van der Waals surface area contributed by atoms with Gasteiger partial charge in [-0.15, -0.1) is 6.58 Å². The quantitative estimate of drug-likeness (QED) is 0.481. The van der Waals surface area contributed by atoms with Crippen molar-refractivity contribution in [3.05, 3.63) is 78.1 Å². The molecule has 1 N–H and O–H groups in total. The third-order valence-electron chi connectivity index (χ3n) is 3.96. The van der Waals surface area contributed by atoms with Crippen molar-refractivity contribution in [1.29, 1.82) is 0 Å². The Balaban J connectivity index is 2.00. The second-order valence-corrected chi connectivity index (χ2v) is 6.10. The van der Waals surface area contributed by atoms with E-state index in [9.17, 15) is 9.50 Å². The van der Waals surface area contributed by atoms with Crippen LogP contribution in [0.1, 0.15) is 37.3 Å². The predicted molar refractivity (Wildman–Crippen MR) is 100 cm³/mol. The number of rotatable bonds is 8. The van der Waals surface area contributed by atoms with Gasteiger partial charge in [-0.1, -0.05) is 54.6 Å². The summed E-state index contributed by atoms with van der Waals surface area (Å²) in [4.78, 5) is 0. The van der Waals surface area contributed by atoms with E-state index in [0.717, 1.165) is 36.0 Å². The minimum absolute atomic E-state index is 0.186. The first kappa shape index (κ1) is 18.2. The maximum atomic E-state index is 14.0. The van der Waals surface area contributed by atoms with Gasteiger partial charge in [0, 0.05) is 0 Å². The number of halogens is 1. The molecule has 0 aliphatic carbocycles. The average molecular weight is 324 g/mol. The monoisotopic (exact) mass is 324 g/mol. The van der Waals surface area contributed by atoms with E-state index in [4.69, 9.17) is 0 Å². The maximum absolute atomic E-state index is 14.0. The minimum atomic E-state index is -0.226. The Morgan fingerprint density at radius 3 is 2.46 bits per heavy atom. The summed E-state index contributed by atoms with van der Waals surface area (Å²) in [5.41, 5.74) is 3.68. The van der Waals surface area contributed by atoms with E-state index in [2.05, 4.69) is 18.7 Å². The highest BCUT2D eigenvalue weighted by molar-refractivity contribution is 5.66. The van der Waals surface area contributed by atoms with Crippen LogP contribution in [-0.2, 0) is 6.42 Å². The van der Waals surface area contributed by atoms with E-state index in [-0.39, 0.29) is 11.9 Å². The van der Waals surface area contributed by atoms with Crippen LogP contribution in [-0.4, -0.2) is 11.2 Å². The normalized spacial score (nSPS) is 12.5. The van der Waals surface area contributed by atoms with Crippen molar-refractivity contribution >= 4 is 6.08 Å². The van der Waals surface area contributed by atoms with Crippen LogP contribution < -0.4 is 0 Å². The molecule has 0 radical (unpaired) electrons. The lowest BCUT2D eigenvalue weighted by Crippen LogP contribution is -1.97. The molecule has 0 heterocycles. The van der Waals surface area contributed by atoms with Crippen LogP contribution in [0.25, 0.3) is 17.2 Å². The molecule has 0 amide bonds. The molecule has 24 heavy (non-hydrogen) atoms. The minimum Gasteiger partial charge on any atom is -0.393 e. The van der Waals surface area contributed by atoms with Gasteiger partial charge in [-0.2, -0.15) is 0 Å². The topological polar surface area (TPSA) is 20.2 Å². The fourth-order valence-electron chi connectivity index (χ4n) is 2.59. The number of hydrogen-bond donors (Lipinski definition) is 1. The zero-order valence-electron chi connectivity index (χ0n) is 14.2.